The lowest BCUT2D eigenvalue weighted by atomic mass is 10.2. The number of carbonyl (C=O) groups excluding carboxylic acids is 2. The highest BCUT2D eigenvalue weighted by Crippen LogP contribution is 2.23. The predicted molar refractivity (Wildman–Crippen MR) is 69.1 cm³/mol. The van der Waals surface area contributed by atoms with E-state index in [0.29, 0.717) is 13.0 Å². The van der Waals surface area contributed by atoms with Gasteiger partial charge in [0.1, 0.15) is 12.4 Å². The second kappa shape index (κ2) is 6.89. The van der Waals surface area contributed by atoms with Gasteiger partial charge < -0.3 is 14.2 Å². The largest absolute Gasteiger partial charge is 0.458 e. The molecule has 1 saturated heterocycles. The van der Waals surface area contributed by atoms with Crippen molar-refractivity contribution < 1.29 is 23.8 Å². The third-order valence-electron chi connectivity index (χ3n) is 2.44. The van der Waals surface area contributed by atoms with Crippen LogP contribution in [-0.2, 0) is 23.8 Å². The number of hydrogen-bond donors (Lipinski definition) is 0. The number of rotatable bonds is 7. The van der Waals surface area contributed by atoms with Gasteiger partial charge in [-0.3, -0.25) is 0 Å². The molecule has 104 valence electrons. The van der Waals surface area contributed by atoms with Gasteiger partial charge in [-0.25, -0.2) is 9.59 Å². The highest BCUT2D eigenvalue weighted by atomic mass is 16.6. The van der Waals surface area contributed by atoms with Crippen molar-refractivity contribution in [1.29, 1.82) is 0 Å². The zero-order valence-electron chi connectivity index (χ0n) is 11.2. The Bertz CT molecular complexity index is 429. The Morgan fingerprint density at radius 3 is 2.47 bits per heavy atom. The average Bonchev–Trinajstić information content (AvgIpc) is 3.17. The molecule has 0 N–H and O–H groups in total. The lowest BCUT2D eigenvalue weighted by Gasteiger charge is -2.11. The zero-order chi connectivity index (χ0) is 14.4. The molecular weight excluding hydrogens is 248 g/mol. The summed E-state index contributed by atoms with van der Waals surface area (Å²) < 4.78 is 15.1. The molecule has 1 atom stereocenters. The number of hydrogen-bond acceptors (Lipinski definition) is 5. The van der Waals surface area contributed by atoms with Crippen LogP contribution in [0.25, 0.3) is 0 Å². The van der Waals surface area contributed by atoms with Gasteiger partial charge in [-0.2, -0.15) is 0 Å². The topological polar surface area (TPSA) is 65.1 Å². The molecule has 1 aliphatic rings. The third kappa shape index (κ3) is 5.09. The fourth-order valence-corrected chi connectivity index (χ4v) is 1.22. The molecule has 0 aromatic carbocycles. The Morgan fingerprint density at radius 1 is 1.37 bits per heavy atom. The fourth-order valence-electron chi connectivity index (χ4n) is 1.22. The minimum Gasteiger partial charge on any atom is -0.458 e. The first-order valence-electron chi connectivity index (χ1n) is 5.92. The summed E-state index contributed by atoms with van der Waals surface area (Å²) in [5, 5.41) is 0. The normalized spacial score (nSPS) is 18.1. The van der Waals surface area contributed by atoms with Gasteiger partial charge in [0.2, 0.25) is 0 Å². The molecule has 0 aliphatic carbocycles. The Morgan fingerprint density at radius 2 is 2.00 bits per heavy atom. The minimum absolute atomic E-state index is 0.00456. The highest BCUT2D eigenvalue weighted by molar-refractivity contribution is 5.91. The molecule has 19 heavy (non-hydrogen) atoms. The van der Waals surface area contributed by atoms with Gasteiger partial charge in [0.05, 0.1) is 18.3 Å². The number of epoxide rings is 1. The SMILES string of the molecule is C=CCOC(=O)C(C)=C(CC1CO1)OC(=O)C(=C)C. The van der Waals surface area contributed by atoms with E-state index >= 15 is 0 Å². The van der Waals surface area contributed by atoms with Crippen molar-refractivity contribution in [3.8, 4) is 0 Å². The van der Waals surface area contributed by atoms with Crippen LogP contribution in [0.5, 0.6) is 0 Å². The first-order valence-corrected chi connectivity index (χ1v) is 5.92. The van der Waals surface area contributed by atoms with Crippen LogP contribution >= 0.6 is 0 Å². The van der Waals surface area contributed by atoms with Crippen molar-refractivity contribution in [2.24, 2.45) is 0 Å². The van der Waals surface area contributed by atoms with Gasteiger partial charge in [0.15, 0.2) is 0 Å². The van der Waals surface area contributed by atoms with E-state index < -0.39 is 11.9 Å². The molecule has 0 amide bonds. The predicted octanol–water partition coefficient (Wildman–Crippen LogP) is 1.90. The molecule has 1 rings (SSSR count). The summed E-state index contributed by atoms with van der Waals surface area (Å²) in [6.45, 7) is 10.8. The third-order valence-corrected chi connectivity index (χ3v) is 2.44. The summed E-state index contributed by atoms with van der Waals surface area (Å²) in [6, 6.07) is 0. The van der Waals surface area contributed by atoms with Gasteiger partial charge in [-0.05, 0) is 13.8 Å². The molecule has 5 nitrogen and oxygen atoms in total. The monoisotopic (exact) mass is 266 g/mol. The lowest BCUT2D eigenvalue weighted by molar-refractivity contribution is -0.138. The Hall–Kier alpha value is -1.88. The van der Waals surface area contributed by atoms with Crippen LogP contribution in [0, 0.1) is 0 Å². The summed E-state index contributed by atoms with van der Waals surface area (Å²) in [5.74, 6) is -0.832. The zero-order valence-corrected chi connectivity index (χ0v) is 11.2. The Balaban J connectivity index is 2.79. The van der Waals surface area contributed by atoms with Gasteiger partial charge in [0.25, 0.3) is 0 Å². The number of esters is 2. The van der Waals surface area contributed by atoms with E-state index in [1.54, 1.807) is 13.8 Å². The maximum absolute atomic E-state index is 11.7. The standard InChI is InChI=1S/C14H18O5/c1-5-6-17-14(16)10(4)12(7-11-8-18-11)19-13(15)9(2)3/h5,11H,1-2,6-8H2,3-4H3. The van der Waals surface area contributed by atoms with Gasteiger partial charge in [0, 0.05) is 12.0 Å². The van der Waals surface area contributed by atoms with Crippen molar-refractivity contribution >= 4 is 11.9 Å². The second-order valence-electron chi connectivity index (χ2n) is 4.26. The van der Waals surface area contributed by atoms with E-state index in [1.165, 1.54) is 6.08 Å². The van der Waals surface area contributed by atoms with Gasteiger partial charge in [-0.1, -0.05) is 19.2 Å². The number of ether oxygens (including phenoxy) is 3. The minimum atomic E-state index is -0.563. The van der Waals surface area contributed by atoms with Crippen LogP contribution in [0.3, 0.4) is 0 Å². The summed E-state index contributed by atoms with van der Waals surface area (Å²) in [4.78, 5) is 23.2. The van der Waals surface area contributed by atoms with Crippen LogP contribution in [0.15, 0.2) is 36.1 Å². The fraction of sp³-hybridized carbons (Fsp3) is 0.429. The quantitative estimate of drug-likeness (QED) is 0.231. The summed E-state index contributed by atoms with van der Waals surface area (Å²) in [7, 11) is 0. The van der Waals surface area contributed by atoms with Crippen LogP contribution in [0.4, 0.5) is 0 Å². The smallest absolute Gasteiger partial charge is 0.338 e. The van der Waals surface area contributed by atoms with Crippen molar-refractivity contribution in [3.63, 3.8) is 0 Å². The van der Waals surface area contributed by atoms with E-state index in [1.807, 2.05) is 0 Å². The van der Waals surface area contributed by atoms with Crippen LogP contribution < -0.4 is 0 Å². The summed E-state index contributed by atoms with van der Waals surface area (Å²) in [5.41, 5.74) is 0.522. The molecule has 1 heterocycles. The van der Waals surface area contributed by atoms with E-state index in [0.717, 1.165) is 0 Å². The van der Waals surface area contributed by atoms with E-state index in [2.05, 4.69) is 13.2 Å². The molecule has 1 aliphatic heterocycles. The maximum Gasteiger partial charge on any atom is 0.338 e. The van der Waals surface area contributed by atoms with Crippen molar-refractivity contribution in [2.45, 2.75) is 26.4 Å². The molecule has 0 aromatic rings. The number of carbonyl (C=O) groups is 2. The lowest BCUT2D eigenvalue weighted by Crippen LogP contribution is -2.14. The van der Waals surface area contributed by atoms with Gasteiger partial charge in [-0.15, -0.1) is 0 Å². The van der Waals surface area contributed by atoms with E-state index in [9.17, 15) is 9.59 Å². The first-order chi connectivity index (χ1) is 8.95. The summed E-state index contributed by atoms with van der Waals surface area (Å²) in [6.07, 6.45) is 1.83. The molecule has 0 aromatic heterocycles. The maximum atomic E-state index is 11.7. The molecule has 1 fully saturated rings. The summed E-state index contributed by atoms with van der Waals surface area (Å²) >= 11 is 0. The Labute approximate surface area is 112 Å². The highest BCUT2D eigenvalue weighted by Gasteiger charge is 2.28. The molecule has 0 radical (unpaired) electrons. The molecular formula is C14H18O5. The second-order valence-corrected chi connectivity index (χ2v) is 4.26. The molecule has 5 heteroatoms. The Kier molecular flexibility index (Phi) is 5.51. The average molecular weight is 266 g/mol. The van der Waals surface area contributed by atoms with Crippen LogP contribution in [0.2, 0.25) is 0 Å². The van der Waals surface area contributed by atoms with Crippen molar-refractivity contribution in [1.82, 2.24) is 0 Å². The van der Waals surface area contributed by atoms with Crippen LogP contribution in [0.1, 0.15) is 20.3 Å². The molecule has 0 spiro atoms. The van der Waals surface area contributed by atoms with Crippen LogP contribution in [-0.4, -0.2) is 31.3 Å². The van der Waals surface area contributed by atoms with Crippen molar-refractivity contribution in [2.75, 3.05) is 13.2 Å². The first kappa shape index (κ1) is 15.2. The van der Waals surface area contributed by atoms with Crippen molar-refractivity contribution in [3.05, 3.63) is 36.1 Å². The van der Waals surface area contributed by atoms with E-state index in [4.69, 9.17) is 14.2 Å². The molecule has 0 bridgehead atoms. The van der Waals surface area contributed by atoms with E-state index in [-0.39, 0.29) is 29.6 Å². The molecule has 1 unspecified atom stereocenters. The molecule has 0 saturated carbocycles. The van der Waals surface area contributed by atoms with Gasteiger partial charge >= 0.3 is 11.9 Å².